The highest BCUT2D eigenvalue weighted by Crippen LogP contribution is 2.27. The van der Waals surface area contributed by atoms with E-state index in [0.717, 1.165) is 31.9 Å². The van der Waals surface area contributed by atoms with E-state index in [9.17, 15) is 4.79 Å². The first-order valence-corrected chi connectivity index (χ1v) is 10.6. The molecule has 30 heavy (non-hydrogen) atoms. The van der Waals surface area contributed by atoms with E-state index in [2.05, 4.69) is 58.4 Å². The lowest BCUT2D eigenvalue weighted by Gasteiger charge is -2.38. The summed E-state index contributed by atoms with van der Waals surface area (Å²) in [5.74, 6) is 0. The summed E-state index contributed by atoms with van der Waals surface area (Å²) in [6.45, 7) is 6.96. The van der Waals surface area contributed by atoms with Crippen LogP contribution in [-0.4, -0.2) is 56.6 Å². The van der Waals surface area contributed by atoms with Gasteiger partial charge in [-0.15, -0.1) is 0 Å². The van der Waals surface area contributed by atoms with Gasteiger partial charge in [0.2, 0.25) is 0 Å². The molecule has 1 atom stereocenters. The molecule has 2 fully saturated rings. The molecule has 0 spiro atoms. The molecular weight excluding hydrogens is 398 g/mol. The number of rotatable bonds is 5. The van der Waals surface area contributed by atoms with Gasteiger partial charge in [0.15, 0.2) is 5.11 Å². The second-order valence-corrected chi connectivity index (χ2v) is 8.08. The molecule has 2 saturated heterocycles. The molecule has 2 aliphatic heterocycles. The first-order valence-electron chi connectivity index (χ1n) is 10.2. The van der Waals surface area contributed by atoms with Crippen LogP contribution in [0.4, 0.5) is 21.9 Å². The molecule has 0 unspecified atom stereocenters. The smallest absolute Gasteiger partial charge is 0.414 e. The minimum atomic E-state index is -0.343. The Morgan fingerprint density at radius 2 is 1.70 bits per heavy atom. The number of benzene rings is 2. The average Bonchev–Trinajstić information content (AvgIpc) is 3.13. The first-order chi connectivity index (χ1) is 14.5. The van der Waals surface area contributed by atoms with Crippen LogP contribution in [0, 0.1) is 6.92 Å². The number of cyclic esters (lactones) is 1. The van der Waals surface area contributed by atoms with Crippen LogP contribution in [0.15, 0.2) is 48.5 Å². The molecule has 158 valence electrons. The van der Waals surface area contributed by atoms with Gasteiger partial charge in [0, 0.05) is 43.2 Å². The number of piperazine rings is 1. The molecule has 3 N–H and O–H groups in total. The minimum absolute atomic E-state index is 0.205. The molecule has 2 aromatic carbocycles. The van der Waals surface area contributed by atoms with Gasteiger partial charge >= 0.3 is 6.09 Å². The lowest BCUT2D eigenvalue weighted by molar-refractivity contribution is 0.143. The molecule has 2 aromatic rings. The van der Waals surface area contributed by atoms with Gasteiger partial charge in [-0.2, -0.15) is 0 Å². The third-order valence-corrected chi connectivity index (χ3v) is 5.78. The van der Waals surface area contributed by atoms with Gasteiger partial charge in [-0.05, 0) is 55.0 Å². The maximum absolute atomic E-state index is 12.2. The van der Waals surface area contributed by atoms with Crippen molar-refractivity contribution in [2.75, 3.05) is 54.0 Å². The van der Waals surface area contributed by atoms with Crippen LogP contribution in [0.1, 0.15) is 5.56 Å². The van der Waals surface area contributed by atoms with Crippen molar-refractivity contribution in [1.82, 2.24) is 5.32 Å². The third-order valence-electron chi connectivity index (χ3n) is 5.64. The monoisotopic (exact) mass is 425 g/mol. The number of nitrogens with one attached hydrogen (secondary N) is 1. The van der Waals surface area contributed by atoms with E-state index in [1.807, 2.05) is 12.1 Å². The highest BCUT2D eigenvalue weighted by molar-refractivity contribution is 7.80. The molecule has 0 aromatic heterocycles. The summed E-state index contributed by atoms with van der Waals surface area (Å²) in [5, 5.41) is 3.05. The number of para-hydroxylation sites is 1. The standard InChI is InChI=1S/C22H27N5O2S/c1-16-4-2-3-5-20(16)26-12-10-25(11-13-26)17-6-8-18(9-7-17)27-15-19(29-22(27)28)14-24-21(23)30/h2-9,19H,10-15H2,1H3,(H3,23,24,30)/t19-/m0/s1. The number of carbonyl (C=O) groups excluding carboxylic acids is 1. The zero-order valence-electron chi connectivity index (χ0n) is 17.1. The zero-order chi connectivity index (χ0) is 21.1. The Bertz CT molecular complexity index is 912. The fraction of sp³-hybridized carbons (Fsp3) is 0.364. The number of anilines is 3. The Morgan fingerprint density at radius 1 is 1.07 bits per heavy atom. The quantitative estimate of drug-likeness (QED) is 0.713. The van der Waals surface area contributed by atoms with Crippen LogP contribution < -0.4 is 25.8 Å². The van der Waals surface area contributed by atoms with E-state index >= 15 is 0 Å². The summed E-state index contributed by atoms with van der Waals surface area (Å²) in [5.41, 5.74) is 10.1. The number of nitrogens with zero attached hydrogens (tertiary/aromatic N) is 3. The van der Waals surface area contributed by atoms with Crippen molar-refractivity contribution in [3.05, 3.63) is 54.1 Å². The number of carbonyl (C=O) groups is 1. The van der Waals surface area contributed by atoms with Gasteiger partial charge in [0.25, 0.3) is 0 Å². The number of thiocarbonyl (C=S) groups is 1. The van der Waals surface area contributed by atoms with Gasteiger partial charge in [-0.1, -0.05) is 18.2 Å². The molecular formula is C22H27N5O2S. The van der Waals surface area contributed by atoms with Crippen LogP contribution >= 0.6 is 12.2 Å². The maximum atomic E-state index is 12.2. The molecule has 1 amide bonds. The highest BCUT2D eigenvalue weighted by atomic mass is 32.1. The molecule has 0 radical (unpaired) electrons. The molecule has 0 saturated carbocycles. The van der Waals surface area contributed by atoms with E-state index < -0.39 is 0 Å². The van der Waals surface area contributed by atoms with Crippen molar-refractivity contribution in [2.45, 2.75) is 13.0 Å². The summed E-state index contributed by atoms with van der Waals surface area (Å²) in [6.07, 6.45) is -0.613. The van der Waals surface area contributed by atoms with Crippen LogP contribution in [0.5, 0.6) is 0 Å². The summed E-state index contributed by atoms with van der Waals surface area (Å²) < 4.78 is 5.38. The Morgan fingerprint density at radius 3 is 2.37 bits per heavy atom. The average molecular weight is 426 g/mol. The van der Waals surface area contributed by atoms with E-state index in [0.29, 0.717) is 13.1 Å². The molecule has 2 heterocycles. The summed E-state index contributed by atoms with van der Waals surface area (Å²) >= 11 is 4.81. The molecule has 0 bridgehead atoms. The lowest BCUT2D eigenvalue weighted by Crippen LogP contribution is -2.46. The van der Waals surface area contributed by atoms with Crippen molar-refractivity contribution in [2.24, 2.45) is 5.73 Å². The number of hydrogen-bond donors (Lipinski definition) is 2. The molecule has 0 aliphatic carbocycles. The fourth-order valence-electron chi connectivity index (χ4n) is 4.02. The van der Waals surface area contributed by atoms with E-state index in [1.54, 1.807) is 4.90 Å². The Kier molecular flexibility index (Phi) is 5.94. The van der Waals surface area contributed by atoms with Gasteiger partial charge in [-0.3, -0.25) is 4.90 Å². The number of hydrogen-bond acceptors (Lipinski definition) is 5. The zero-order valence-corrected chi connectivity index (χ0v) is 17.9. The topological polar surface area (TPSA) is 74.1 Å². The van der Waals surface area contributed by atoms with Crippen molar-refractivity contribution >= 4 is 40.5 Å². The van der Waals surface area contributed by atoms with Crippen LogP contribution in [0.2, 0.25) is 0 Å². The molecule has 7 nitrogen and oxygen atoms in total. The summed E-state index contributed by atoms with van der Waals surface area (Å²) in [7, 11) is 0. The normalized spacial score (nSPS) is 19.0. The van der Waals surface area contributed by atoms with Crippen molar-refractivity contribution in [1.29, 1.82) is 0 Å². The highest BCUT2D eigenvalue weighted by Gasteiger charge is 2.32. The van der Waals surface area contributed by atoms with Gasteiger partial charge in [0.1, 0.15) is 6.10 Å². The number of ether oxygens (including phenoxy) is 1. The molecule has 2 aliphatic rings. The van der Waals surface area contributed by atoms with Gasteiger partial charge < -0.3 is 25.6 Å². The Balaban J connectivity index is 1.35. The van der Waals surface area contributed by atoms with Gasteiger partial charge in [0.05, 0.1) is 13.1 Å². The maximum Gasteiger partial charge on any atom is 0.414 e. The Labute approximate surface area is 182 Å². The largest absolute Gasteiger partial charge is 0.442 e. The minimum Gasteiger partial charge on any atom is -0.442 e. The molecule has 4 rings (SSSR count). The van der Waals surface area contributed by atoms with E-state index in [1.165, 1.54) is 16.9 Å². The number of amides is 1. The third kappa shape index (κ3) is 4.43. The summed E-state index contributed by atoms with van der Waals surface area (Å²) in [6, 6.07) is 16.6. The fourth-order valence-corrected chi connectivity index (χ4v) is 4.10. The second-order valence-electron chi connectivity index (χ2n) is 7.64. The van der Waals surface area contributed by atoms with Crippen molar-refractivity contribution in [3.63, 3.8) is 0 Å². The van der Waals surface area contributed by atoms with Crippen molar-refractivity contribution in [3.8, 4) is 0 Å². The van der Waals surface area contributed by atoms with Crippen LogP contribution in [-0.2, 0) is 4.74 Å². The molecule has 8 heteroatoms. The summed E-state index contributed by atoms with van der Waals surface area (Å²) in [4.78, 5) is 18.7. The SMILES string of the molecule is Cc1ccccc1N1CCN(c2ccc(N3C[C@H](CNC(N)=S)OC3=O)cc2)CC1. The number of nitrogens with two attached hydrogens (primary N) is 1. The van der Waals surface area contributed by atoms with Gasteiger partial charge in [-0.25, -0.2) is 4.79 Å². The predicted octanol–water partition coefficient (Wildman–Crippen LogP) is 2.48. The van der Waals surface area contributed by atoms with E-state index in [4.69, 9.17) is 22.7 Å². The lowest BCUT2D eigenvalue weighted by atomic mass is 10.1. The van der Waals surface area contributed by atoms with Crippen LogP contribution in [0.25, 0.3) is 0 Å². The van der Waals surface area contributed by atoms with Crippen LogP contribution in [0.3, 0.4) is 0 Å². The Hall–Kier alpha value is -3.00. The second kappa shape index (κ2) is 8.79. The first kappa shape index (κ1) is 20.3. The van der Waals surface area contributed by atoms with Crippen molar-refractivity contribution < 1.29 is 9.53 Å². The number of aryl methyl sites for hydroxylation is 1. The predicted molar refractivity (Wildman–Crippen MR) is 124 cm³/mol. The van der Waals surface area contributed by atoms with E-state index in [-0.39, 0.29) is 17.3 Å².